The summed E-state index contributed by atoms with van der Waals surface area (Å²) in [6, 6.07) is 3.28. The van der Waals surface area contributed by atoms with Gasteiger partial charge in [0.05, 0.1) is 18.0 Å². The third-order valence-corrected chi connectivity index (χ3v) is 3.32. The smallest absolute Gasteiger partial charge is 0.375 e. The van der Waals surface area contributed by atoms with Gasteiger partial charge in [-0.3, -0.25) is 4.79 Å². The van der Waals surface area contributed by atoms with Crippen molar-refractivity contribution < 1.29 is 31.1 Å². The number of anilines is 1. The summed E-state index contributed by atoms with van der Waals surface area (Å²) in [5, 5.41) is 4.06. The highest BCUT2D eigenvalue weighted by molar-refractivity contribution is 7.99. The molecule has 0 fully saturated rings. The quantitative estimate of drug-likeness (QED) is 0.588. The van der Waals surface area contributed by atoms with Gasteiger partial charge in [0.2, 0.25) is 12.3 Å². The molecule has 1 aromatic carbocycles. The monoisotopic (exact) mass is 346 g/mol. The fraction of sp³-hybridized carbons (Fsp3) is 0.417. The van der Waals surface area contributed by atoms with Crippen molar-refractivity contribution in [3.05, 3.63) is 24.0 Å². The van der Waals surface area contributed by atoms with E-state index in [9.17, 15) is 31.1 Å². The van der Waals surface area contributed by atoms with E-state index in [1.807, 2.05) is 0 Å². The van der Waals surface area contributed by atoms with Gasteiger partial charge in [-0.05, 0) is 18.2 Å². The zero-order valence-corrected chi connectivity index (χ0v) is 11.8. The van der Waals surface area contributed by atoms with Gasteiger partial charge in [0.1, 0.15) is 12.4 Å². The number of hydrogen-bond donors (Lipinski definition) is 2. The van der Waals surface area contributed by atoms with Crippen LogP contribution in [0.2, 0.25) is 0 Å². The second-order valence-electron chi connectivity index (χ2n) is 4.09. The number of rotatable bonds is 7. The maximum absolute atomic E-state index is 13.1. The topological polar surface area (TPSA) is 41.1 Å². The second-order valence-corrected chi connectivity index (χ2v) is 5.15. The molecule has 0 heterocycles. The van der Waals surface area contributed by atoms with Crippen molar-refractivity contribution in [2.75, 3.05) is 24.2 Å². The zero-order chi connectivity index (χ0) is 16.8. The average molecular weight is 346 g/mol. The molecule has 1 amide bonds. The van der Waals surface area contributed by atoms with Crippen molar-refractivity contribution >= 4 is 23.4 Å². The van der Waals surface area contributed by atoms with Crippen LogP contribution in [0.4, 0.5) is 32.0 Å². The lowest BCUT2D eigenvalue weighted by atomic mass is 10.3. The summed E-state index contributed by atoms with van der Waals surface area (Å²) < 4.78 is 73.2. The molecule has 1 rings (SSSR count). The molecule has 0 saturated carbocycles. The highest BCUT2D eigenvalue weighted by Crippen LogP contribution is 2.29. The fourth-order valence-electron chi connectivity index (χ4n) is 1.36. The lowest BCUT2D eigenvalue weighted by Gasteiger charge is -2.13. The van der Waals surface area contributed by atoms with E-state index in [2.05, 4.69) is 5.32 Å². The normalized spacial score (nSPS) is 11.6. The van der Waals surface area contributed by atoms with Crippen LogP contribution in [-0.2, 0) is 4.79 Å². The van der Waals surface area contributed by atoms with Gasteiger partial charge in [-0.25, -0.2) is 13.2 Å². The molecule has 0 aliphatic rings. The molecular formula is C12H12F6N2OS. The molecule has 10 heteroatoms. The van der Waals surface area contributed by atoms with Crippen molar-refractivity contribution in [1.82, 2.24) is 5.32 Å². The first-order chi connectivity index (χ1) is 10.2. The number of amides is 1. The summed E-state index contributed by atoms with van der Waals surface area (Å²) in [5.41, 5.74) is 0.0628. The van der Waals surface area contributed by atoms with Crippen LogP contribution < -0.4 is 10.6 Å². The molecule has 0 aliphatic carbocycles. The maximum atomic E-state index is 13.1. The number of benzene rings is 1. The van der Waals surface area contributed by atoms with Crippen molar-refractivity contribution in [2.24, 2.45) is 0 Å². The first-order valence-electron chi connectivity index (χ1n) is 5.95. The van der Waals surface area contributed by atoms with Crippen LogP contribution >= 0.6 is 11.8 Å². The fourth-order valence-corrected chi connectivity index (χ4v) is 2.11. The van der Waals surface area contributed by atoms with Gasteiger partial charge in [-0.15, -0.1) is 11.8 Å². The standard InChI is InChI=1S/C12H12F6N2OS/c13-7-1-2-9(22-5-10(14)15)8(3-7)19-4-11(21)20-6-12(16,17)18/h1-3,10,19H,4-6H2,(H,20,21). The minimum absolute atomic E-state index is 0.0628. The third-order valence-electron chi connectivity index (χ3n) is 2.23. The van der Waals surface area contributed by atoms with E-state index >= 15 is 0 Å². The van der Waals surface area contributed by atoms with Crippen LogP contribution in [-0.4, -0.2) is 37.4 Å². The molecule has 0 atom stereocenters. The molecule has 0 bridgehead atoms. The molecular weight excluding hydrogens is 334 g/mol. The number of alkyl halides is 5. The van der Waals surface area contributed by atoms with Crippen LogP contribution in [0.3, 0.4) is 0 Å². The van der Waals surface area contributed by atoms with Crippen molar-refractivity contribution in [1.29, 1.82) is 0 Å². The Bertz CT molecular complexity index is 509. The Hall–Kier alpha value is -1.58. The summed E-state index contributed by atoms with van der Waals surface area (Å²) in [7, 11) is 0. The van der Waals surface area contributed by atoms with E-state index in [0.29, 0.717) is 0 Å². The number of nitrogens with one attached hydrogen (secondary N) is 2. The van der Waals surface area contributed by atoms with Crippen LogP contribution in [0.15, 0.2) is 23.1 Å². The molecule has 3 nitrogen and oxygen atoms in total. The predicted octanol–water partition coefficient (Wildman–Crippen LogP) is 3.27. The van der Waals surface area contributed by atoms with Crippen molar-refractivity contribution in [3.8, 4) is 0 Å². The predicted molar refractivity (Wildman–Crippen MR) is 70.7 cm³/mol. The second kappa shape index (κ2) is 8.16. The Balaban J connectivity index is 2.60. The van der Waals surface area contributed by atoms with E-state index in [1.165, 1.54) is 6.07 Å². The Morgan fingerprint density at radius 2 is 1.95 bits per heavy atom. The van der Waals surface area contributed by atoms with Gasteiger partial charge in [-0.1, -0.05) is 0 Å². The van der Waals surface area contributed by atoms with E-state index in [4.69, 9.17) is 0 Å². The molecule has 124 valence electrons. The number of thioether (sulfide) groups is 1. The van der Waals surface area contributed by atoms with Crippen LogP contribution in [0.5, 0.6) is 0 Å². The number of carbonyl (C=O) groups is 1. The highest BCUT2D eigenvalue weighted by atomic mass is 32.2. The minimum atomic E-state index is -4.53. The average Bonchev–Trinajstić information content (AvgIpc) is 2.40. The first kappa shape index (κ1) is 18.5. The van der Waals surface area contributed by atoms with Gasteiger partial charge in [0, 0.05) is 4.90 Å². The van der Waals surface area contributed by atoms with Gasteiger partial charge in [0.15, 0.2) is 0 Å². The summed E-state index contributed by atoms with van der Waals surface area (Å²) >= 11 is 0.742. The van der Waals surface area contributed by atoms with E-state index in [0.717, 1.165) is 23.9 Å². The molecule has 0 radical (unpaired) electrons. The highest BCUT2D eigenvalue weighted by Gasteiger charge is 2.27. The van der Waals surface area contributed by atoms with Crippen LogP contribution in [0, 0.1) is 5.82 Å². The summed E-state index contributed by atoms with van der Waals surface area (Å²) in [6.07, 6.45) is -7.11. The summed E-state index contributed by atoms with van der Waals surface area (Å²) in [6.45, 7) is -2.02. The molecule has 0 aromatic heterocycles. The molecule has 0 saturated heterocycles. The van der Waals surface area contributed by atoms with Crippen LogP contribution in [0.25, 0.3) is 0 Å². The molecule has 1 aromatic rings. The largest absolute Gasteiger partial charge is 0.405 e. The number of halogens is 6. The Kier molecular flexibility index (Phi) is 6.85. The molecule has 22 heavy (non-hydrogen) atoms. The molecule has 0 unspecified atom stereocenters. The van der Waals surface area contributed by atoms with Gasteiger partial charge >= 0.3 is 6.18 Å². The lowest BCUT2D eigenvalue weighted by molar-refractivity contribution is -0.137. The zero-order valence-electron chi connectivity index (χ0n) is 11.0. The number of carbonyl (C=O) groups excluding carboxylic acids is 1. The van der Waals surface area contributed by atoms with Gasteiger partial charge < -0.3 is 10.6 Å². The van der Waals surface area contributed by atoms with Gasteiger partial charge in [0.25, 0.3) is 0 Å². The Morgan fingerprint density at radius 1 is 1.27 bits per heavy atom. The van der Waals surface area contributed by atoms with Gasteiger partial charge in [-0.2, -0.15) is 13.2 Å². The van der Waals surface area contributed by atoms with E-state index < -0.39 is 43.2 Å². The lowest BCUT2D eigenvalue weighted by Crippen LogP contribution is -2.37. The maximum Gasteiger partial charge on any atom is 0.405 e. The van der Waals surface area contributed by atoms with E-state index in [1.54, 1.807) is 5.32 Å². The molecule has 2 N–H and O–H groups in total. The van der Waals surface area contributed by atoms with E-state index in [-0.39, 0.29) is 10.6 Å². The van der Waals surface area contributed by atoms with Crippen molar-refractivity contribution in [2.45, 2.75) is 17.5 Å². The first-order valence-corrected chi connectivity index (χ1v) is 6.94. The molecule has 0 spiro atoms. The summed E-state index contributed by atoms with van der Waals surface area (Å²) in [5.74, 6) is -2.15. The number of hydrogen-bond acceptors (Lipinski definition) is 3. The Morgan fingerprint density at radius 3 is 2.55 bits per heavy atom. The third kappa shape index (κ3) is 7.43. The van der Waals surface area contributed by atoms with Crippen LogP contribution in [0.1, 0.15) is 0 Å². The Labute approximate surface area is 126 Å². The van der Waals surface area contributed by atoms with Crippen molar-refractivity contribution in [3.63, 3.8) is 0 Å². The SMILES string of the molecule is O=C(CNc1cc(F)ccc1SCC(F)F)NCC(F)(F)F. The minimum Gasteiger partial charge on any atom is -0.375 e. The molecule has 0 aliphatic heterocycles. The summed E-state index contributed by atoms with van der Waals surface area (Å²) in [4.78, 5) is 11.5.